The molecule has 4 rings (SSSR count). The second-order valence-corrected chi connectivity index (χ2v) is 9.08. The van der Waals surface area contributed by atoms with Gasteiger partial charge in [-0.05, 0) is 54.2 Å². The molecule has 0 fully saturated rings. The van der Waals surface area contributed by atoms with E-state index in [1.54, 1.807) is 24.4 Å². The highest BCUT2D eigenvalue weighted by atomic mass is 19.1. The number of amides is 1. The molecule has 0 aliphatic carbocycles. The first-order valence-corrected chi connectivity index (χ1v) is 12.5. The van der Waals surface area contributed by atoms with Gasteiger partial charge in [-0.3, -0.25) is 14.6 Å². The lowest BCUT2D eigenvalue weighted by molar-refractivity contribution is 0.0950. The molecule has 0 unspecified atom stereocenters. The zero-order valence-electron chi connectivity index (χ0n) is 21.0. The van der Waals surface area contributed by atoms with Crippen molar-refractivity contribution >= 4 is 22.6 Å². The molecule has 0 atom stereocenters. The molecule has 184 valence electrons. The van der Waals surface area contributed by atoms with Crippen molar-refractivity contribution in [2.45, 2.75) is 46.5 Å². The number of rotatable bonds is 9. The third-order valence-electron chi connectivity index (χ3n) is 6.51. The van der Waals surface area contributed by atoms with E-state index >= 15 is 4.39 Å². The van der Waals surface area contributed by atoms with Crippen LogP contribution >= 0.6 is 0 Å². The van der Waals surface area contributed by atoms with E-state index in [1.165, 1.54) is 6.07 Å². The number of Topliss-reactive ketones (excluding diaryl/α,β-unsaturated/α-hetero) is 1. The largest absolute Gasteiger partial charge is 0.352 e. The summed E-state index contributed by atoms with van der Waals surface area (Å²) in [5, 5.41) is 3.69. The van der Waals surface area contributed by atoms with Gasteiger partial charge in [-0.2, -0.15) is 0 Å². The molecule has 0 aliphatic heterocycles. The number of carbonyl (C=O) groups is 2. The van der Waals surface area contributed by atoms with Crippen LogP contribution in [0.15, 0.2) is 66.9 Å². The van der Waals surface area contributed by atoms with E-state index in [0.29, 0.717) is 47.2 Å². The highest BCUT2D eigenvalue weighted by Gasteiger charge is 2.18. The second kappa shape index (κ2) is 11.3. The van der Waals surface area contributed by atoms with Gasteiger partial charge in [0.05, 0.1) is 5.52 Å². The maximum atomic E-state index is 15.3. The van der Waals surface area contributed by atoms with E-state index in [2.05, 4.69) is 17.2 Å². The summed E-state index contributed by atoms with van der Waals surface area (Å²) in [5.41, 5.74) is 5.45. The highest BCUT2D eigenvalue weighted by Crippen LogP contribution is 2.32. The van der Waals surface area contributed by atoms with E-state index in [9.17, 15) is 9.59 Å². The minimum Gasteiger partial charge on any atom is -0.352 e. The topological polar surface area (TPSA) is 59.1 Å². The molecule has 36 heavy (non-hydrogen) atoms. The molecule has 3 aromatic carbocycles. The second-order valence-electron chi connectivity index (χ2n) is 9.08. The Morgan fingerprint density at radius 1 is 0.972 bits per heavy atom. The summed E-state index contributed by atoms with van der Waals surface area (Å²) in [4.78, 5) is 29.8. The number of pyridine rings is 1. The van der Waals surface area contributed by atoms with Crippen LogP contribution in [-0.4, -0.2) is 23.2 Å². The van der Waals surface area contributed by atoms with Crippen molar-refractivity contribution in [3.8, 4) is 11.1 Å². The van der Waals surface area contributed by atoms with Crippen LogP contribution in [0.4, 0.5) is 4.39 Å². The Hall–Kier alpha value is -3.86. The van der Waals surface area contributed by atoms with Crippen molar-refractivity contribution in [3.05, 3.63) is 100 Å². The number of nitrogens with one attached hydrogen (secondary N) is 1. The smallest absolute Gasteiger partial charge is 0.251 e. The predicted octanol–water partition coefficient (Wildman–Crippen LogP) is 7.06. The van der Waals surface area contributed by atoms with Gasteiger partial charge < -0.3 is 5.32 Å². The molecular formula is C31H31FN2O2. The van der Waals surface area contributed by atoms with Crippen molar-refractivity contribution < 1.29 is 14.0 Å². The normalized spacial score (nSPS) is 11.0. The Morgan fingerprint density at radius 3 is 2.44 bits per heavy atom. The number of aromatic nitrogens is 1. The minimum atomic E-state index is -0.394. The molecule has 4 nitrogen and oxygen atoms in total. The molecule has 0 aliphatic rings. The van der Waals surface area contributed by atoms with Crippen molar-refractivity contribution in [1.82, 2.24) is 10.3 Å². The molecule has 0 spiro atoms. The Bertz CT molecular complexity index is 1410. The van der Waals surface area contributed by atoms with Crippen LogP contribution in [-0.2, 0) is 6.42 Å². The van der Waals surface area contributed by atoms with Gasteiger partial charge >= 0.3 is 0 Å². The number of ketones is 1. The molecule has 0 bridgehead atoms. The number of fused-ring (bicyclic) bond motifs is 1. The Balaban J connectivity index is 1.80. The zero-order valence-corrected chi connectivity index (χ0v) is 21.0. The van der Waals surface area contributed by atoms with E-state index in [-0.39, 0.29) is 11.7 Å². The van der Waals surface area contributed by atoms with Crippen LogP contribution in [0, 0.1) is 12.7 Å². The van der Waals surface area contributed by atoms with Gasteiger partial charge in [-0.15, -0.1) is 0 Å². The average Bonchev–Trinajstić information content (AvgIpc) is 2.88. The average molecular weight is 483 g/mol. The lowest BCUT2D eigenvalue weighted by Crippen LogP contribution is -2.25. The fourth-order valence-corrected chi connectivity index (χ4v) is 4.47. The minimum absolute atomic E-state index is 0.00971. The number of halogens is 1. The summed E-state index contributed by atoms with van der Waals surface area (Å²) in [5.74, 6) is -0.506. The van der Waals surface area contributed by atoms with E-state index in [0.717, 1.165) is 34.9 Å². The van der Waals surface area contributed by atoms with Gasteiger partial charge in [0, 0.05) is 47.3 Å². The summed E-state index contributed by atoms with van der Waals surface area (Å²) in [7, 11) is 0. The number of nitrogens with zero attached hydrogens (tertiary/aromatic N) is 1. The number of benzene rings is 3. The van der Waals surface area contributed by atoms with Crippen molar-refractivity contribution in [2.75, 3.05) is 6.54 Å². The van der Waals surface area contributed by atoms with Gasteiger partial charge in [-0.25, -0.2) is 4.39 Å². The quantitative estimate of drug-likeness (QED) is 0.205. The van der Waals surface area contributed by atoms with E-state index in [1.807, 2.05) is 50.2 Å². The molecule has 1 heterocycles. The van der Waals surface area contributed by atoms with E-state index < -0.39 is 5.82 Å². The van der Waals surface area contributed by atoms with E-state index in [4.69, 9.17) is 0 Å². The van der Waals surface area contributed by atoms with Crippen molar-refractivity contribution in [2.24, 2.45) is 0 Å². The zero-order chi connectivity index (χ0) is 25.7. The molecule has 1 aromatic heterocycles. The van der Waals surface area contributed by atoms with Crippen LogP contribution in [0.2, 0.25) is 0 Å². The Labute approximate surface area is 211 Å². The lowest BCUT2D eigenvalue weighted by Gasteiger charge is -2.15. The molecule has 1 amide bonds. The number of hydrogen-bond acceptors (Lipinski definition) is 3. The third-order valence-corrected chi connectivity index (χ3v) is 6.51. The standard InChI is InChI=1S/C31H31FN2O2/c1-4-6-14-33-31(36)23-13-12-22(15-20(23)3)24-17-26-25(16-21-10-8-7-9-11-21)27(30(35)5-2)19-34-29(26)18-28(24)32/h7-13,15,17-19H,4-6,14,16H2,1-3H3,(H,33,36). The number of carbonyl (C=O) groups excluding carboxylic acids is 2. The summed E-state index contributed by atoms with van der Waals surface area (Å²) in [6.45, 7) is 6.40. The van der Waals surface area contributed by atoms with Gasteiger partial charge in [0.15, 0.2) is 5.78 Å². The first-order valence-electron chi connectivity index (χ1n) is 12.5. The van der Waals surface area contributed by atoms with Crippen LogP contribution < -0.4 is 5.32 Å². The Kier molecular flexibility index (Phi) is 7.89. The van der Waals surface area contributed by atoms with Crippen LogP contribution in [0.5, 0.6) is 0 Å². The predicted molar refractivity (Wildman–Crippen MR) is 143 cm³/mol. The number of hydrogen-bond donors (Lipinski definition) is 1. The van der Waals surface area contributed by atoms with Crippen LogP contribution in [0.25, 0.3) is 22.0 Å². The Morgan fingerprint density at radius 2 is 1.75 bits per heavy atom. The molecule has 4 aromatic rings. The van der Waals surface area contributed by atoms with Crippen molar-refractivity contribution in [1.29, 1.82) is 0 Å². The number of aryl methyl sites for hydroxylation is 1. The molecule has 0 saturated heterocycles. The maximum Gasteiger partial charge on any atom is 0.251 e. The molecule has 0 radical (unpaired) electrons. The third kappa shape index (κ3) is 5.35. The molecular weight excluding hydrogens is 451 g/mol. The van der Waals surface area contributed by atoms with Crippen LogP contribution in [0.1, 0.15) is 70.5 Å². The van der Waals surface area contributed by atoms with Gasteiger partial charge in [0.1, 0.15) is 5.82 Å². The van der Waals surface area contributed by atoms with Gasteiger partial charge in [0.25, 0.3) is 5.91 Å². The van der Waals surface area contributed by atoms with Gasteiger partial charge in [-0.1, -0.05) is 62.7 Å². The maximum absolute atomic E-state index is 15.3. The summed E-state index contributed by atoms with van der Waals surface area (Å²) < 4.78 is 15.3. The first-order chi connectivity index (χ1) is 17.4. The molecule has 1 N–H and O–H groups in total. The van der Waals surface area contributed by atoms with Gasteiger partial charge in [0.2, 0.25) is 0 Å². The summed E-state index contributed by atoms with van der Waals surface area (Å²) >= 11 is 0. The fraction of sp³-hybridized carbons (Fsp3) is 0.258. The summed E-state index contributed by atoms with van der Waals surface area (Å²) in [6, 6.07) is 18.5. The highest BCUT2D eigenvalue weighted by molar-refractivity contribution is 6.02. The fourth-order valence-electron chi connectivity index (χ4n) is 4.47. The molecule has 0 saturated carbocycles. The molecule has 5 heteroatoms. The lowest BCUT2D eigenvalue weighted by atomic mass is 9.91. The first kappa shape index (κ1) is 25.2. The van der Waals surface area contributed by atoms with Crippen molar-refractivity contribution in [3.63, 3.8) is 0 Å². The summed E-state index contributed by atoms with van der Waals surface area (Å²) in [6.07, 6.45) is 4.41. The van der Waals surface area contributed by atoms with Crippen LogP contribution in [0.3, 0.4) is 0 Å². The number of unbranched alkanes of at least 4 members (excludes halogenated alkanes) is 1. The SMILES string of the molecule is CCCCNC(=O)c1ccc(-c2cc3c(Cc4ccccc4)c(C(=O)CC)cnc3cc2F)cc1C. The monoisotopic (exact) mass is 482 g/mol.